The van der Waals surface area contributed by atoms with Crippen molar-refractivity contribution >= 4 is 22.5 Å². The molecule has 2 aromatic carbocycles. The highest BCUT2D eigenvalue weighted by molar-refractivity contribution is 6.12. The Bertz CT molecular complexity index is 920. The third-order valence-corrected chi connectivity index (χ3v) is 3.54. The molecule has 0 unspecified atom stereocenters. The van der Waals surface area contributed by atoms with E-state index in [-0.39, 0.29) is 5.69 Å². The van der Waals surface area contributed by atoms with Crippen LogP contribution in [0.3, 0.4) is 0 Å². The fraction of sp³-hybridized carbons (Fsp3) is 0.111. The number of nitrogens with zero attached hydrogens (tertiary/aromatic N) is 1. The van der Waals surface area contributed by atoms with Crippen LogP contribution in [0.25, 0.3) is 10.9 Å². The molecule has 0 aliphatic carbocycles. The monoisotopic (exact) mass is 330 g/mol. The van der Waals surface area contributed by atoms with Gasteiger partial charge in [0.05, 0.1) is 16.6 Å². The topological polar surface area (TPSA) is 42.0 Å². The van der Waals surface area contributed by atoms with Crippen LogP contribution in [0.1, 0.15) is 21.6 Å². The molecule has 122 valence electrons. The van der Waals surface area contributed by atoms with E-state index in [9.17, 15) is 18.0 Å². The summed E-state index contributed by atoms with van der Waals surface area (Å²) in [6.45, 7) is 1.76. The van der Waals surface area contributed by atoms with Crippen LogP contribution >= 0.6 is 0 Å². The standard InChI is InChI=1S/C18H13F3N2O/c1-11-9-15(14-7-2-3-8-16(14)22-11)17(24)23-13-6-4-5-12(10-13)18(19,20)21/h2-10H,1H3,(H,23,24). The lowest BCUT2D eigenvalue weighted by molar-refractivity contribution is -0.137. The summed E-state index contributed by atoms with van der Waals surface area (Å²) in [6.07, 6.45) is -4.46. The summed E-state index contributed by atoms with van der Waals surface area (Å²) >= 11 is 0. The quantitative estimate of drug-likeness (QED) is 0.732. The van der Waals surface area contributed by atoms with Gasteiger partial charge in [-0.3, -0.25) is 9.78 Å². The molecule has 0 spiro atoms. The van der Waals surface area contributed by atoms with Crippen LogP contribution in [0, 0.1) is 6.92 Å². The average molecular weight is 330 g/mol. The van der Waals surface area contributed by atoms with E-state index in [2.05, 4.69) is 10.3 Å². The number of carbonyl (C=O) groups is 1. The van der Waals surface area contributed by atoms with Crippen LogP contribution < -0.4 is 5.32 Å². The molecule has 0 aliphatic rings. The second-order valence-electron chi connectivity index (χ2n) is 5.36. The van der Waals surface area contributed by atoms with Crippen molar-refractivity contribution in [2.45, 2.75) is 13.1 Å². The molecule has 24 heavy (non-hydrogen) atoms. The molecule has 0 saturated carbocycles. The van der Waals surface area contributed by atoms with E-state index < -0.39 is 17.6 Å². The lowest BCUT2D eigenvalue weighted by Gasteiger charge is -2.11. The van der Waals surface area contributed by atoms with E-state index in [0.29, 0.717) is 22.2 Å². The van der Waals surface area contributed by atoms with Gasteiger partial charge in [-0.1, -0.05) is 24.3 Å². The first-order valence-electron chi connectivity index (χ1n) is 7.19. The molecule has 1 amide bonds. The number of para-hydroxylation sites is 1. The van der Waals surface area contributed by atoms with E-state index in [0.717, 1.165) is 12.1 Å². The van der Waals surface area contributed by atoms with Crippen LogP contribution in [-0.2, 0) is 6.18 Å². The number of alkyl halides is 3. The molecule has 0 saturated heterocycles. The van der Waals surface area contributed by atoms with Crippen molar-refractivity contribution in [1.82, 2.24) is 4.98 Å². The molecule has 0 atom stereocenters. The van der Waals surface area contributed by atoms with Crippen LogP contribution in [0.2, 0.25) is 0 Å². The highest BCUT2D eigenvalue weighted by Gasteiger charge is 2.30. The van der Waals surface area contributed by atoms with Gasteiger partial charge in [0.25, 0.3) is 5.91 Å². The van der Waals surface area contributed by atoms with Crippen LogP contribution in [0.5, 0.6) is 0 Å². The smallest absolute Gasteiger partial charge is 0.322 e. The maximum absolute atomic E-state index is 12.8. The highest BCUT2D eigenvalue weighted by Crippen LogP contribution is 2.31. The van der Waals surface area contributed by atoms with E-state index in [1.165, 1.54) is 12.1 Å². The molecule has 1 heterocycles. The van der Waals surface area contributed by atoms with Crippen molar-refractivity contribution in [2.24, 2.45) is 0 Å². The summed E-state index contributed by atoms with van der Waals surface area (Å²) in [5, 5.41) is 3.17. The Balaban J connectivity index is 1.97. The number of carbonyl (C=O) groups excluding carboxylic acids is 1. The normalized spacial score (nSPS) is 11.5. The summed E-state index contributed by atoms with van der Waals surface area (Å²) in [5.41, 5.74) is 0.967. The number of anilines is 1. The minimum absolute atomic E-state index is 0.0911. The Hall–Kier alpha value is -2.89. The first-order chi connectivity index (χ1) is 11.3. The first-order valence-corrected chi connectivity index (χ1v) is 7.19. The molecule has 0 radical (unpaired) electrons. The van der Waals surface area contributed by atoms with Crippen molar-refractivity contribution in [3.8, 4) is 0 Å². The molecule has 3 aromatic rings. The fourth-order valence-corrected chi connectivity index (χ4v) is 2.47. The number of aryl methyl sites for hydroxylation is 1. The molecule has 0 fully saturated rings. The van der Waals surface area contributed by atoms with Crippen molar-refractivity contribution < 1.29 is 18.0 Å². The fourth-order valence-electron chi connectivity index (χ4n) is 2.47. The number of nitrogens with one attached hydrogen (secondary N) is 1. The largest absolute Gasteiger partial charge is 0.416 e. The van der Waals surface area contributed by atoms with Gasteiger partial charge in [0.15, 0.2) is 0 Å². The average Bonchev–Trinajstić information content (AvgIpc) is 2.53. The van der Waals surface area contributed by atoms with Gasteiger partial charge >= 0.3 is 6.18 Å². The predicted molar refractivity (Wildman–Crippen MR) is 85.9 cm³/mol. The van der Waals surface area contributed by atoms with Gasteiger partial charge in [-0.05, 0) is 37.3 Å². The Kier molecular flexibility index (Phi) is 3.97. The van der Waals surface area contributed by atoms with Gasteiger partial charge < -0.3 is 5.32 Å². The van der Waals surface area contributed by atoms with Crippen molar-refractivity contribution in [1.29, 1.82) is 0 Å². The number of hydrogen-bond acceptors (Lipinski definition) is 2. The number of amides is 1. The van der Waals surface area contributed by atoms with Gasteiger partial charge in [0, 0.05) is 16.8 Å². The summed E-state index contributed by atoms with van der Waals surface area (Å²) in [7, 11) is 0. The number of benzene rings is 2. The van der Waals surface area contributed by atoms with E-state index in [1.54, 1.807) is 31.2 Å². The van der Waals surface area contributed by atoms with Crippen LogP contribution in [0.4, 0.5) is 18.9 Å². The van der Waals surface area contributed by atoms with Gasteiger partial charge in [-0.25, -0.2) is 0 Å². The highest BCUT2D eigenvalue weighted by atomic mass is 19.4. The summed E-state index contributed by atoms with van der Waals surface area (Å²) in [6, 6.07) is 13.3. The van der Waals surface area contributed by atoms with Crippen molar-refractivity contribution in [2.75, 3.05) is 5.32 Å². The first kappa shape index (κ1) is 16.0. The predicted octanol–water partition coefficient (Wildman–Crippen LogP) is 4.81. The Labute approximate surface area is 136 Å². The maximum Gasteiger partial charge on any atom is 0.416 e. The zero-order valence-electron chi connectivity index (χ0n) is 12.7. The lowest BCUT2D eigenvalue weighted by Crippen LogP contribution is -2.14. The molecule has 1 N–H and O–H groups in total. The maximum atomic E-state index is 12.8. The Morgan fingerprint density at radius 1 is 1.04 bits per heavy atom. The number of aromatic nitrogens is 1. The zero-order chi connectivity index (χ0) is 17.3. The number of hydrogen-bond donors (Lipinski definition) is 1. The number of halogens is 3. The SMILES string of the molecule is Cc1cc(C(=O)Nc2cccc(C(F)(F)F)c2)c2ccccc2n1. The van der Waals surface area contributed by atoms with E-state index in [4.69, 9.17) is 0 Å². The Morgan fingerprint density at radius 3 is 2.54 bits per heavy atom. The van der Waals surface area contributed by atoms with Crippen LogP contribution in [-0.4, -0.2) is 10.9 Å². The minimum Gasteiger partial charge on any atom is -0.322 e. The van der Waals surface area contributed by atoms with Crippen LogP contribution in [0.15, 0.2) is 54.6 Å². The summed E-state index contributed by atoms with van der Waals surface area (Å²) in [5.74, 6) is -0.476. The summed E-state index contributed by atoms with van der Waals surface area (Å²) < 4.78 is 38.3. The Morgan fingerprint density at radius 2 is 1.79 bits per heavy atom. The molecule has 0 aliphatic heterocycles. The van der Waals surface area contributed by atoms with E-state index >= 15 is 0 Å². The zero-order valence-corrected chi connectivity index (χ0v) is 12.7. The van der Waals surface area contributed by atoms with Gasteiger partial charge in [-0.15, -0.1) is 0 Å². The van der Waals surface area contributed by atoms with Gasteiger partial charge in [-0.2, -0.15) is 13.2 Å². The van der Waals surface area contributed by atoms with E-state index in [1.807, 2.05) is 6.07 Å². The molecule has 1 aromatic heterocycles. The molecule has 0 bridgehead atoms. The van der Waals surface area contributed by atoms with Gasteiger partial charge in [0.1, 0.15) is 0 Å². The molecule has 3 rings (SSSR count). The third kappa shape index (κ3) is 3.22. The van der Waals surface area contributed by atoms with Crippen molar-refractivity contribution in [3.63, 3.8) is 0 Å². The number of rotatable bonds is 2. The van der Waals surface area contributed by atoms with Gasteiger partial charge in [0.2, 0.25) is 0 Å². The second kappa shape index (κ2) is 5.96. The number of fused-ring (bicyclic) bond motifs is 1. The lowest BCUT2D eigenvalue weighted by atomic mass is 10.1. The molecule has 3 nitrogen and oxygen atoms in total. The molecule has 6 heteroatoms. The number of pyridine rings is 1. The minimum atomic E-state index is -4.46. The summed E-state index contributed by atoms with van der Waals surface area (Å²) in [4.78, 5) is 16.9. The molecular weight excluding hydrogens is 317 g/mol. The second-order valence-corrected chi connectivity index (χ2v) is 5.36. The third-order valence-electron chi connectivity index (χ3n) is 3.54. The van der Waals surface area contributed by atoms with Crippen molar-refractivity contribution in [3.05, 3.63) is 71.4 Å². The molecular formula is C18H13F3N2O.